The molecular formula is C41H31N5OPt. The summed E-state index contributed by atoms with van der Waals surface area (Å²) in [5.74, 6) is 1.95. The molecule has 4 aromatic carbocycles. The molecule has 0 amide bonds. The fourth-order valence-corrected chi connectivity index (χ4v) is 7.20. The second-order valence-electron chi connectivity index (χ2n) is 12.8. The van der Waals surface area contributed by atoms with Gasteiger partial charge in [0.25, 0.3) is 0 Å². The number of fused-ring (bicyclic) bond motifs is 12. The first kappa shape index (κ1) is 30.3. The van der Waals surface area contributed by atoms with Crippen LogP contribution in [0.4, 0.5) is 0 Å². The van der Waals surface area contributed by atoms with Crippen molar-refractivity contribution in [2.45, 2.75) is 39.5 Å². The summed E-state index contributed by atoms with van der Waals surface area (Å²) in [5, 5.41) is 4.98. The third-order valence-corrected chi connectivity index (χ3v) is 9.30. The molecule has 0 aliphatic heterocycles. The maximum Gasteiger partial charge on any atom is 2.00 e. The Hall–Kier alpha value is -5.06. The van der Waals surface area contributed by atoms with Crippen LogP contribution in [0.1, 0.15) is 50.7 Å². The van der Waals surface area contributed by atoms with Crippen molar-refractivity contribution in [3.63, 3.8) is 0 Å². The molecule has 5 heterocycles. The molecule has 236 valence electrons. The number of nitrogens with zero attached hydrogens (tertiary/aromatic N) is 5. The van der Waals surface area contributed by atoms with E-state index < -0.39 is 0 Å². The number of para-hydroxylation sites is 1. The topological polar surface area (TPSA) is 56.7 Å². The van der Waals surface area contributed by atoms with Crippen molar-refractivity contribution >= 4 is 54.8 Å². The van der Waals surface area contributed by atoms with Gasteiger partial charge in [0, 0.05) is 53.6 Å². The van der Waals surface area contributed by atoms with E-state index in [1.54, 1.807) is 6.20 Å². The fourth-order valence-electron chi connectivity index (χ4n) is 7.20. The molecule has 9 rings (SSSR count). The van der Waals surface area contributed by atoms with Gasteiger partial charge in [-0.1, -0.05) is 110 Å². The summed E-state index contributed by atoms with van der Waals surface area (Å²) in [6, 6.07) is 32.5. The number of imidazole rings is 2. The van der Waals surface area contributed by atoms with Crippen LogP contribution in [0.15, 0.2) is 104 Å². The van der Waals surface area contributed by atoms with E-state index in [0.717, 1.165) is 54.8 Å². The van der Waals surface area contributed by atoms with Gasteiger partial charge in [0.2, 0.25) is 0 Å². The Balaban J connectivity index is 0.00000336. The number of aromatic nitrogens is 5. The zero-order valence-electron chi connectivity index (χ0n) is 26.9. The summed E-state index contributed by atoms with van der Waals surface area (Å²) in [5.41, 5.74) is 9.97. The monoisotopic (exact) mass is 804 g/mol. The standard InChI is InChI=1S/C41H31N5O.Pt/c1-24(2)28-8-5-9-29(25(3)4)37(28)33-11-6-10-32-30-15-13-26(22-34(30)41-44-19-21-46(41)39(32)33)47-27-14-16-31-35(23-27)40-43-18-20-45(40)36-12-7-17-42-38(31)36;/h5-21,24-25H,1-4H3;/q-2;+2. The Bertz CT molecular complexity index is 2660. The molecule has 9 aromatic rings. The van der Waals surface area contributed by atoms with E-state index in [1.165, 1.54) is 22.3 Å². The number of pyridine rings is 3. The van der Waals surface area contributed by atoms with Crippen LogP contribution in [0.3, 0.4) is 0 Å². The number of rotatable bonds is 5. The van der Waals surface area contributed by atoms with E-state index in [2.05, 4.69) is 109 Å². The van der Waals surface area contributed by atoms with Crippen molar-refractivity contribution in [2.24, 2.45) is 0 Å². The molecule has 0 fully saturated rings. The van der Waals surface area contributed by atoms with E-state index in [-0.39, 0.29) is 21.1 Å². The smallest absolute Gasteiger partial charge is 0.497 e. The summed E-state index contributed by atoms with van der Waals surface area (Å²) >= 11 is 0. The van der Waals surface area contributed by atoms with E-state index in [9.17, 15) is 0 Å². The van der Waals surface area contributed by atoms with Gasteiger partial charge < -0.3 is 13.5 Å². The van der Waals surface area contributed by atoms with Gasteiger partial charge in [-0.15, -0.1) is 12.1 Å². The average molecular weight is 805 g/mol. The first-order valence-corrected chi connectivity index (χ1v) is 16.1. The minimum absolute atomic E-state index is 0. The minimum atomic E-state index is 0. The zero-order valence-corrected chi connectivity index (χ0v) is 29.2. The first-order chi connectivity index (χ1) is 23.0. The van der Waals surface area contributed by atoms with Crippen molar-refractivity contribution in [2.75, 3.05) is 0 Å². The molecule has 0 bridgehead atoms. The third-order valence-electron chi connectivity index (χ3n) is 9.30. The van der Waals surface area contributed by atoms with Crippen LogP contribution in [-0.2, 0) is 21.1 Å². The van der Waals surface area contributed by atoms with Crippen LogP contribution < -0.4 is 4.74 Å². The second kappa shape index (κ2) is 11.6. The van der Waals surface area contributed by atoms with Gasteiger partial charge in [0.05, 0.1) is 22.3 Å². The summed E-state index contributed by atoms with van der Waals surface area (Å²) in [6.45, 7) is 9.10. The van der Waals surface area contributed by atoms with Crippen LogP contribution in [0, 0.1) is 12.1 Å². The third kappa shape index (κ3) is 4.54. The van der Waals surface area contributed by atoms with Crippen molar-refractivity contribution in [1.29, 1.82) is 0 Å². The summed E-state index contributed by atoms with van der Waals surface area (Å²) in [4.78, 5) is 14.1. The van der Waals surface area contributed by atoms with E-state index in [1.807, 2.05) is 47.3 Å². The molecule has 0 saturated heterocycles. The van der Waals surface area contributed by atoms with Crippen LogP contribution in [0.25, 0.3) is 65.9 Å². The Kier molecular flexibility index (Phi) is 7.30. The predicted molar refractivity (Wildman–Crippen MR) is 190 cm³/mol. The van der Waals surface area contributed by atoms with Crippen LogP contribution >= 0.6 is 0 Å². The first-order valence-electron chi connectivity index (χ1n) is 16.1. The largest absolute Gasteiger partial charge is 2.00 e. The molecule has 6 nitrogen and oxygen atoms in total. The summed E-state index contributed by atoms with van der Waals surface area (Å²) in [6.07, 6.45) is 9.49. The fraction of sp³-hybridized carbons (Fsp3) is 0.146. The maximum atomic E-state index is 6.44. The van der Waals surface area contributed by atoms with Gasteiger partial charge in [0.1, 0.15) is 0 Å². The van der Waals surface area contributed by atoms with Gasteiger partial charge in [-0.25, -0.2) is 0 Å². The van der Waals surface area contributed by atoms with E-state index >= 15 is 0 Å². The zero-order chi connectivity index (χ0) is 31.8. The maximum absolute atomic E-state index is 6.44. The molecular weight excluding hydrogens is 774 g/mol. The van der Waals surface area contributed by atoms with E-state index in [4.69, 9.17) is 9.72 Å². The summed E-state index contributed by atoms with van der Waals surface area (Å²) in [7, 11) is 0. The Labute approximate surface area is 292 Å². The number of hydrogen-bond acceptors (Lipinski definition) is 4. The molecule has 0 aliphatic rings. The van der Waals surface area contributed by atoms with Crippen molar-refractivity contribution < 1.29 is 25.8 Å². The molecule has 5 aromatic heterocycles. The Morgan fingerprint density at radius 2 is 1.23 bits per heavy atom. The number of benzene rings is 4. The summed E-state index contributed by atoms with van der Waals surface area (Å²) < 4.78 is 10.7. The second-order valence-corrected chi connectivity index (χ2v) is 12.8. The number of ether oxygens (including phenoxy) is 1. The van der Waals surface area contributed by atoms with Crippen molar-refractivity contribution in [3.05, 3.63) is 127 Å². The van der Waals surface area contributed by atoms with Crippen molar-refractivity contribution in [1.82, 2.24) is 23.8 Å². The van der Waals surface area contributed by atoms with Gasteiger partial charge in [0.15, 0.2) is 0 Å². The SMILES string of the molecule is CC(C)c1cccc(C(C)C)c1-c1cccc2c3ccc(Oc4[c-]c5c(cc4)c4ncccc4n4ccnc54)[c-]c3c3nccn3c12.[Pt+2]. The van der Waals surface area contributed by atoms with Gasteiger partial charge in [-0.2, -0.15) is 0 Å². The molecule has 0 N–H and O–H groups in total. The number of hydrogen-bond donors (Lipinski definition) is 0. The van der Waals surface area contributed by atoms with Gasteiger partial charge in [-0.05, 0) is 46.0 Å². The molecule has 0 aliphatic carbocycles. The molecule has 0 spiro atoms. The van der Waals surface area contributed by atoms with Crippen molar-refractivity contribution in [3.8, 4) is 22.6 Å². The molecule has 0 saturated carbocycles. The molecule has 0 unspecified atom stereocenters. The van der Waals surface area contributed by atoms with Crippen LogP contribution in [-0.4, -0.2) is 23.8 Å². The van der Waals surface area contributed by atoms with E-state index in [0.29, 0.717) is 23.3 Å². The molecule has 7 heteroatoms. The minimum Gasteiger partial charge on any atom is -0.497 e. The predicted octanol–water partition coefficient (Wildman–Crippen LogP) is 10.3. The quantitative estimate of drug-likeness (QED) is 0.128. The molecule has 0 atom stereocenters. The van der Waals surface area contributed by atoms with Crippen LogP contribution in [0.2, 0.25) is 0 Å². The molecule has 0 radical (unpaired) electrons. The van der Waals surface area contributed by atoms with Gasteiger partial charge >= 0.3 is 21.1 Å². The molecule has 48 heavy (non-hydrogen) atoms. The Morgan fingerprint density at radius 1 is 0.604 bits per heavy atom. The van der Waals surface area contributed by atoms with Gasteiger partial charge in [-0.3, -0.25) is 15.0 Å². The van der Waals surface area contributed by atoms with Crippen LogP contribution in [0.5, 0.6) is 11.5 Å². The normalized spacial score (nSPS) is 12.0. The average Bonchev–Trinajstić information content (AvgIpc) is 3.79. The Morgan fingerprint density at radius 3 is 1.94 bits per heavy atom.